The topological polar surface area (TPSA) is 63.6 Å². The van der Waals surface area contributed by atoms with Gasteiger partial charge in [0.2, 0.25) is 10.0 Å². The highest BCUT2D eigenvalue weighted by molar-refractivity contribution is 7.89. The third kappa shape index (κ3) is 2.31. The van der Waals surface area contributed by atoms with Crippen LogP contribution in [0.5, 0.6) is 5.75 Å². The molecule has 2 heterocycles. The SMILES string of the molecule is COc1cccc2c(S(=O)(=O)N3CCNCC3)cn(C)c12. The van der Waals surface area contributed by atoms with Gasteiger partial charge in [-0.15, -0.1) is 0 Å². The Balaban J connectivity index is 2.16. The molecule has 2 aromatic rings. The standard InChI is InChI=1S/C14H19N3O3S/c1-16-10-13(11-4-3-5-12(20-2)14(11)16)21(18,19)17-8-6-15-7-9-17/h3-5,10,15H,6-9H2,1-2H3. The lowest BCUT2D eigenvalue weighted by molar-refractivity contribution is 0.360. The number of hydrogen-bond acceptors (Lipinski definition) is 4. The van der Waals surface area contributed by atoms with Crippen LogP contribution in [-0.4, -0.2) is 50.6 Å². The maximum atomic E-state index is 12.9. The zero-order valence-electron chi connectivity index (χ0n) is 12.2. The van der Waals surface area contributed by atoms with Crippen molar-refractivity contribution in [3.63, 3.8) is 0 Å². The number of benzene rings is 1. The fraction of sp³-hybridized carbons (Fsp3) is 0.429. The van der Waals surface area contributed by atoms with Gasteiger partial charge in [-0.1, -0.05) is 12.1 Å². The van der Waals surface area contributed by atoms with Gasteiger partial charge in [-0.3, -0.25) is 0 Å². The van der Waals surface area contributed by atoms with Crippen molar-refractivity contribution in [2.45, 2.75) is 4.90 Å². The van der Waals surface area contributed by atoms with Gasteiger partial charge in [-0.25, -0.2) is 8.42 Å². The summed E-state index contributed by atoms with van der Waals surface area (Å²) in [6.45, 7) is 2.38. The molecule has 0 radical (unpaired) electrons. The Morgan fingerprint density at radius 3 is 2.62 bits per heavy atom. The summed E-state index contributed by atoms with van der Waals surface area (Å²) in [6.07, 6.45) is 1.67. The minimum atomic E-state index is -3.48. The van der Waals surface area contributed by atoms with Crippen molar-refractivity contribution in [3.05, 3.63) is 24.4 Å². The Hall–Kier alpha value is -1.57. The number of rotatable bonds is 3. The first-order valence-electron chi connectivity index (χ1n) is 6.88. The van der Waals surface area contributed by atoms with Gasteiger partial charge in [0.1, 0.15) is 10.6 Å². The van der Waals surface area contributed by atoms with E-state index < -0.39 is 10.0 Å². The number of para-hydroxylation sites is 1. The van der Waals surface area contributed by atoms with E-state index in [1.54, 1.807) is 13.3 Å². The summed E-state index contributed by atoms with van der Waals surface area (Å²) in [5.74, 6) is 0.678. The number of methoxy groups -OCH3 is 1. The third-order valence-corrected chi connectivity index (χ3v) is 5.77. The van der Waals surface area contributed by atoms with Crippen LogP contribution in [0.15, 0.2) is 29.3 Å². The van der Waals surface area contributed by atoms with Crippen LogP contribution in [0.3, 0.4) is 0 Å². The van der Waals surface area contributed by atoms with Gasteiger partial charge in [-0.05, 0) is 6.07 Å². The Kier molecular flexibility index (Phi) is 3.64. The minimum Gasteiger partial charge on any atom is -0.495 e. The first kappa shape index (κ1) is 14.4. The Morgan fingerprint density at radius 2 is 1.95 bits per heavy atom. The Bertz CT molecular complexity index is 761. The minimum absolute atomic E-state index is 0.348. The fourth-order valence-corrected chi connectivity index (χ4v) is 4.46. The van der Waals surface area contributed by atoms with E-state index in [1.165, 1.54) is 4.31 Å². The van der Waals surface area contributed by atoms with E-state index in [-0.39, 0.29) is 0 Å². The predicted octanol–water partition coefficient (Wildman–Crippen LogP) is 0.781. The van der Waals surface area contributed by atoms with Gasteiger partial charge < -0.3 is 14.6 Å². The molecule has 1 saturated heterocycles. The lowest BCUT2D eigenvalue weighted by Crippen LogP contribution is -2.46. The van der Waals surface area contributed by atoms with Crippen molar-refractivity contribution < 1.29 is 13.2 Å². The van der Waals surface area contributed by atoms with Crippen molar-refractivity contribution in [1.82, 2.24) is 14.2 Å². The molecular weight excluding hydrogens is 290 g/mol. The van der Waals surface area contributed by atoms with E-state index in [9.17, 15) is 8.42 Å². The molecule has 0 bridgehead atoms. The number of nitrogens with zero attached hydrogens (tertiary/aromatic N) is 2. The van der Waals surface area contributed by atoms with Crippen molar-refractivity contribution >= 4 is 20.9 Å². The molecule has 0 aliphatic carbocycles. The highest BCUT2D eigenvalue weighted by atomic mass is 32.2. The van der Waals surface area contributed by atoms with Crippen LogP contribution < -0.4 is 10.1 Å². The van der Waals surface area contributed by atoms with Gasteiger partial charge in [-0.2, -0.15) is 4.31 Å². The third-order valence-electron chi connectivity index (χ3n) is 3.84. The van der Waals surface area contributed by atoms with E-state index in [0.29, 0.717) is 42.2 Å². The second-order valence-corrected chi connectivity index (χ2v) is 7.02. The highest BCUT2D eigenvalue weighted by Gasteiger charge is 2.29. The molecule has 1 aliphatic rings. The van der Waals surface area contributed by atoms with E-state index in [1.807, 2.05) is 29.8 Å². The first-order chi connectivity index (χ1) is 10.1. The van der Waals surface area contributed by atoms with Crippen LogP contribution in [0, 0.1) is 0 Å². The maximum absolute atomic E-state index is 12.9. The summed E-state index contributed by atoms with van der Waals surface area (Å²) in [5, 5.41) is 3.87. The zero-order chi connectivity index (χ0) is 15.0. The van der Waals surface area contributed by atoms with Crippen molar-refractivity contribution in [3.8, 4) is 5.75 Å². The first-order valence-corrected chi connectivity index (χ1v) is 8.32. The van der Waals surface area contributed by atoms with Crippen molar-refractivity contribution in [2.75, 3.05) is 33.3 Å². The number of hydrogen-bond donors (Lipinski definition) is 1. The summed E-state index contributed by atoms with van der Waals surface area (Å²) in [4.78, 5) is 0.348. The fourth-order valence-electron chi connectivity index (χ4n) is 2.79. The normalized spacial score (nSPS) is 17.2. The largest absolute Gasteiger partial charge is 0.495 e. The molecule has 1 aromatic carbocycles. The molecule has 1 aliphatic heterocycles. The number of aromatic nitrogens is 1. The molecule has 0 amide bonds. The number of fused-ring (bicyclic) bond motifs is 1. The lowest BCUT2D eigenvalue weighted by Gasteiger charge is -2.26. The van der Waals surface area contributed by atoms with E-state index >= 15 is 0 Å². The molecule has 1 fully saturated rings. The smallest absolute Gasteiger partial charge is 0.245 e. The van der Waals surface area contributed by atoms with Gasteiger partial charge in [0, 0.05) is 44.8 Å². The summed E-state index contributed by atoms with van der Waals surface area (Å²) in [7, 11) is -0.0513. The van der Waals surface area contributed by atoms with Gasteiger partial charge in [0.25, 0.3) is 0 Å². The summed E-state index contributed by atoms with van der Waals surface area (Å²) >= 11 is 0. The van der Waals surface area contributed by atoms with E-state index in [0.717, 1.165) is 5.52 Å². The molecule has 6 nitrogen and oxygen atoms in total. The summed E-state index contributed by atoms with van der Waals surface area (Å²) in [5.41, 5.74) is 0.800. The quantitative estimate of drug-likeness (QED) is 0.910. The molecule has 7 heteroatoms. The average Bonchev–Trinajstić information content (AvgIpc) is 2.86. The molecule has 3 rings (SSSR count). The zero-order valence-corrected chi connectivity index (χ0v) is 13.0. The molecule has 0 atom stereocenters. The van der Waals surface area contributed by atoms with Crippen LogP contribution in [-0.2, 0) is 17.1 Å². The second-order valence-electron chi connectivity index (χ2n) is 5.11. The van der Waals surface area contributed by atoms with Crippen molar-refractivity contribution in [1.29, 1.82) is 0 Å². The van der Waals surface area contributed by atoms with Crippen LogP contribution in [0.4, 0.5) is 0 Å². The predicted molar refractivity (Wildman–Crippen MR) is 81.1 cm³/mol. The van der Waals surface area contributed by atoms with E-state index in [4.69, 9.17) is 4.74 Å². The number of piperazine rings is 1. The number of ether oxygens (including phenoxy) is 1. The monoisotopic (exact) mass is 309 g/mol. The second kappa shape index (κ2) is 5.32. The molecule has 1 aromatic heterocycles. The average molecular weight is 309 g/mol. The molecule has 1 N–H and O–H groups in total. The summed E-state index contributed by atoms with van der Waals surface area (Å²) < 4.78 is 34.4. The Morgan fingerprint density at radius 1 is 1.24 bits per heavy atom. The van der Waals surface area contributed by atoms with Crippen LogP contribution >= 0.6 is 0 Å². The molecular formula is C14H19N3O3S. The molecule has 0 spiro atoms. The Labute approximate surface area is 124 Å². The van der Waals surface area contributed by atoms with Crippen molar-refractivity contribution in [2.24, 2.45) is 7.05 Å². The molecule has 0 saturated carbocycles. The summed E-state index contributed by atoms with van der Waals surface area (Å²) in [6, 6.07) is 5.48. The number of aryl methyl sites for hydroxylation is 1. The van der Waals surface area contributed by atoms with E-state index in [2.05, 4.69) is 5.32 Å². The molecule has 114 valence electrons. The highest BCUT2D eigenvalue weighted by Crippen LogP contribution is 2.33. The van der Waals surface area contributed by atoms with Crippen LogP contribution in [0.1, 0.15) is 0 Å². The molecule has 21 heavy (non-hydrogen) atoms. The van der Waals surface area contributed by atoms with Gasteiger partial charge >= 0.3 is 0 Å². The maximum Gasteiger partial charge on any atom is 0.245 e. The number of nitrogens with one attached hydrogen (secondary N) is 1. The van der Waals surface area contributed by atoms with Gasteiger partial charge in [0.05, 0.1) is 12.6 Å². The van der Waals surface area contributed by atoms with Crippen LogP contribution in [0.2, 0.25) is 0 Å². The van der Waals surface area contributed by atoms with Crippen LogP contribution in [0.25, 0.3) is 10.9 Å². The molecule has 0 unspecified atom stereocenters. The lowest BCUT2D eigenvalue weighted by atomic mass is 10.2. The number of sulfonamides is 1. The van der Waals surface area contributed by atoms with Gasteiger partial charge in [0.15, 0.2) is 0 Å².